The lowest BCUT2D eigenvalue weighted by Gasteiger charge is -2.30. The largest absolute Gasteiger partial charge is 0.369 e. The topological polar surface area (TPSA) is 66.0 Å². The van der Waals surface area contributed by atoms with E-state index >= 15 is 0 Å². The minimum absolute atomic E-state index is 0.525. The molecule has 0 saturated carbocycles. The summed E-state index contributed by atoms with van der Waals surface area (Å²) < 4.78 is 0. The normalized spacial score (nSPS) is 11.5. The van der Waals surface area contributed by atoms with Crippen LogP contribution in [0.1, 0.15) is 27.7 Å². The first-order valence-electron chi connectivity index (χ1n) is 9.47. The number of anilines is 3. The van der Waals surface area contributed by atoms with Crippen molar-refractivity contribution >= 4 is 28.4 Å². The fourth-order valence-electron chi connectivity index (χ4n) is 3.23. The standard InChI is InChI=1S/C21H28N6/c1-15(2)27(16(3)4)13-12-23-20-9-11-24-21(26-20)25-18-7-8-19-17(14-18)6-5-10-22-19/h5-11,14-16H,12-13H2,1-4H3,(H2,23,24,25,26). The smallest absolute Gasteiger partial charge is 0.229 e. The first-order valence-corrected chi connectivity index (χ1v) is 9.47. The summed E-state index contributed by atoms with van der Waals surface area (Å²) in [7, 11) is 0. The monoisotopic (exact) mass is 364 g/mol. The molecule has 1 aromatic carbocycles. The summed E-state index contributed by atoms with van der Waals surface area (Å²) in [6.45, 7) is 10.7. The van der Waals surface area contributed by atoms with Crippen LogP contribution in [-0.2, 0) is 0 Å². The SMILES string of the molecule is CC(C)N(CCNc1ccnc(Nc2ccc3ncccc3c2)n1)C(C)C. The van der Waals surface area contributed by atoms with Crippen LogP contribution in [0.4, 0.5) is 17.5 Å². The zero-order chi connectivity index (χ0) is 19.2. The summed E-state index contributed by atoms with van der Waals surface area (Å²) in [5.41, 5.74) is 1.91. The van der Waals surface area contributed by atoms with Crippen molar-refractivity contribution in [2.45, 2.75) is 39.8 Å². The zero-order valence-electron chi connectivity index (χ0n) is 16.5. The number of hydrogen-bond acceptors (Lipinski definition) is 6. The van der Waals surface area contributed by atoms with E-state index in [9.17, 15) is 0 Å². The molecule has 0 unspecified atom stereocenters. The minimum Gasteiger partial charge on any atom is -0.369 e. The van der Waals surface area contributed by atoms with Gasteiger partial charge in [-0.15, -0.1) is 0 Å². The van der Waals surface area contributed by atoms with E-state index in [0.717, 1.165) is 35.5 Å². The number of hydrogen-bond donors (Lipinski definition) is 2. The third kappa shape index (κ3) is 5.14. The molecule has 27 heavy (non-hydrogen) atoms. The van der Waals surface area contributed by atoms with Crippen LogP contribution in [0.3, 0.4) is 0 Å². The molecule has 0 spiro atoms. The van der Waals surface area contributed by atoms with Crippen molar-refractivity contribution in [2.24, 2.45) is 0 Å². The van der Waals surface area contributed by atoms with Gasteiger partial charge in [-0.25, -0.2) is 4.98 Å². The maximum Gasteiger partial charge on any atom is 0.229 e. The highest BCUT2D eigenvalue weighted by Gasteiger charge is 2.12. The van der Waals surface area contributed by atoms with Gasteiger partial charge >= 0.3 is 0 Å². The Morgan fingerprint density at radius 1 is 0.963 bits per heavy atom. The molecule has 142 valence electrons. The third-order valence-corrected chi connectivity index (χ3v) is 4.52. The molecule has 0 amide bonds. The van der Waals surface area contributed by atoms with Gasteiger partial charge < -0.3 is 10.6 Å². The van der Waals surface area contributed by atoms with Gasteiger partial charge in [-0.1, -0.05) is 6.07 Å². The molecule has 2 aromatic heterocycles. The lowest BCUT2D eigenvalue weighted by molar-refractivity contribution is 0.182. The predicted molar refractivity (Wildman–Crippen MR) is 113 cm³/mol. The molecule has 0 radical (unpaired) electrons. The van der Waals surface area contributed by atoms with Gasteiger partial charge in [0, 0.05) is 48.6 Å². The molecular formula is C21H28N6. The molecule has 0 saturated heterocycles. The summed E-state index contributed by atoms with van der Waals surface area (Å²) in [5.74, 6) is 1.40. The van der Waals surface area contributed by atoms with E-state index in [1.54, 1.807) is 12.4 Å². The number of benzene rings is 1. The Balaban J connectivity index is 1.62. The fraction of sp³-hybridized carbons (Fsp3) is 0.381. The van der Waals surface area contributed by atoms with Gasteiger partial charge in [-0.05, 0) is 58.0 Å². The molecule has 6 heteroatoms. The van der Waals surface area contributed by atoms with Crippen molar-refractivity contribution in [3.63, 3.8) is 0 Å². The lowest BCUT2D eigenvalue weighted by atomic mass is 10.2. The average Bonchev–Trinajstić information content (AvgIpc) is 2.65. The minimum atomic E-state index is 0.525. The van der Waals surface area contributed by atoms with Crippen molar-refractivity contribution in [1.82, 2.24) is 19.9 Å². The molecule has 0 bridgehead atoms. The summed E-state index contributed by atoms with van der Waals surface area (Å²) >= 11 is 0. The number of rotatable bonds is 8. The van der Waals surface area contributed by atoms with Gasteiger partial charge in [0.25, 0.3) is 0 Å². The van der Waals surface area contributed by atoms with Crippen molar-refractivity contribution in [2.75, 3.05) is 23.7 Å². The molecule has 0 aliphatic heterocycles. The van der Waals surface area contributed by atoms with E-state index < -0.39 is 0 Å². The second kappa shape index (κ2) is 8.77. The van der Waals surface area contributed by atoms with Gasteiger partial charge in [0.2, 0.25) is 5.95 Å². The molecule has 0 fully saturated rings. The molecular weight excluding hydrogens is 336 g/mol. The third-order valence-electron chi connectivity index (χ3n) is 4.52. The van der Waals surface area contributed by atoms with E-state index in [0.29, 0.717) is 18.0 Å². The molecule has 3 aromatic rings. The highest BCUT2D eigenvalue weighted by atomic mass is 15.2. The van der Waals surface area contributed by atoms with Gasteiger partial charge in [0.05, 0.1) is 5.52 Å². The first kappa shape index (κ1) is 19.0. The van der Waals surface area contributed by atoms with Crippen LogP contribution in [0, 0.1) is 0 Å². The number of aromatic nitrogens is 3. The molecule has 0 aliphatic rings. The van der Waals surface area contributed by atoms with Crippen molar-refractivity contribution in [3.8, 4) is 0 Å². The highest BCUT2D eigenvalue weighted by Crippen LogP contribution is 2.20. The second-order valence-electron chi connectivity index (χ2n) is 7.15. The molecule has 2 heterocycles. The van der Waals surface area contributed by atoms with Gasteiger partial charge in [0.1, 0.15) is 5.82 Å². The van der Waals surface area contributed by atoms with E-state index in [-0.39, 0.29) is 0 Å². The Kier molecular flexibility index (Phi) is 6.19. The lowest BCUT2D eigenvalue weighted by Crippen LogP contribution is -2.40. The summed E-state index contributed by atoms with van der Waals surface area (Å²) in [6.07, 6.45) is 3.57. The van der Waals surface area contributed by atoms with E-state index in [1.165, 1.54) is 0 Å². The Labute approximate surface area is 161 Å². The number of fused-ring (bicyclic) bond motifs is 1. The van der Waals surface area contributed by atoms with Crippen LogP contribution in [0.15, 0.2) is 48.8 Å². The van der Waals surface area contributed by atoms with Crippen molar-refractivity contribution in [3.05, 3.63) is 48.8 Å². The van der Waals surface area contributed by atoms with E-state index in [2.05, 4.69) is 64.2 Å². The van der Waals surface area contributed by atoms with Gasteiger partial charge in [-0.2, -0.15) is 4.98 Å². The van der Waals surface area contributed by atoms with Crippen molar-refractivity contribution < 1.29 is 0 Å². The van der Waals surface area contributed by atoms with Crippen LogP contribution in [0.2, 0.25) is 0 Å². The Hall–Kier alpha value is -2.73. The molecule has 0 aliphatic carbocycles. The van der Waals surface area contributed by atoms with Crippen molar-refractivity contribution in [1.29, 1.82) is 0 Å². The molecule has 0 atom stereocenters. The number of nitrogens with zero attached hydrogens (tertiary/aromatic N) is 4. The maximum absolute atomic E-state index is 4.57. The second-order valence-corrected chi connectivity index (χ2v) is 7.15. The Morgan fingerprint density at radius 3 is 2.56 bits per heavy atom. The van der Waals surface area contributed by atoms with Crippen LogP contribution in [0.5, 0.6) is 0 Å². The Morgan fingerprint density at radius 2 is 1.78 bits per heavy atom. The van der Waals surface area contributed by atoms with E-state index in [1.807, 2.05) is 30.3 Å². The van der Waals surface area contributed by atoms with Crippen LogP contribution in [-0.4, -0.2) is 45.0 Å². The van der Waals surface area contributed by atoms with Gasteiger partial charge in [-0.3, -0.25) is 9.88 Å². The predicted octanol–water partition coefficient (Wildman–Crippen LogP) is 4.30. The molecule has 2 N–H and O–H groups in total. The maximum atomic E-state index is 4.57. The first-order chi connectivity index (χ1) is 13.0. The van der Waals surface area contributed by atoms with E-state index in [4.69, 9.17) is 0 Å². The van der Waals surface area contributed by atoms with Gasteiger partial charge in [0.15, 0.2) is 0 Å². The van der Waals surface area contributed by atoms with Crippen LogP contribution < -0.4 is 10.6 Å². The fourth-order valence-corrected chi connectivity index (χ4v) is 3.23. The quantitative estimate of drug-likeness (QED) is 0.621. The summed E-state index contributed by atoms with van der Waals surface area (Å²) in [6, 6.07) is 13.0. The van der Waals surface area contributed by atoms with Crippen LogP contribution in [0.25, 0.3) is 10.9 Å². The zero-order valence-corrected chi connectivity index (χ0v) is 16.5. The highest BCUT2D eigenvalue weighted by molar-refractivity contribution is 5.82. The number of pyridine rings is 1. The summed E-state index contributed by atoms with van der Waals surface area (Å²) in [4.78, 5) is 15.7. The molecule has 6 nitrogen and oxygen atoms in total. The van der Waals surface area contributed by atoms with Crippen LogP contribution >= 0.6 is 0 Å². The molecule has 3 rings (SSSR count). The Bertz CT molecular complexity index is 869. The number of nitrogens with one attached hydrogen (secondary N) is 2. The average molecular weight is 364 g/mol. The summed E-state index contributed by atoms with van der Waals surface area (Å²) in [5, 5.41) is 7.75.